The van der Waals surface area contributed by atoms with Gasteiger partial charge in [-0.2, -0.15) is 0 Å². The van der Waals surface area contributed by atoms with Gasteiger partial charge in [0.15, 0.2) is 0 Å². The molecule has 2 atom stereocenters. The molecule has 0 radical (unpaired) electrons. The highest BCUT2D eigenvalue weighted by Crippen LogP contribution is 2.29. The Bertz CT molecular complexity index is 447. The number of para-hydroxylation sites is 1. The molecule has 1 aromatic rings. The van der Waals surface area contributed by atoms with Crippen molar-refractivity contribution >= 4 is 17.4 Å². The SMILES string of the molecule is C=CCSc1ccccc1NC(C)C1CCCN(CC)C1. The van der Waals surface area contributed by atoms with E-state index < -0.39 is 0 Å². The van der Waals surface area contributed by atoms with Crippen LogP contribution in [-0.4, -0.2) is 36.3 Å². The second kappa shape index (κ2) is 8.50. The van der Waals surface area contributed by atoms with Crippen molar-refractivity contribution in [3.05, 3.63) is 36.9 Å². The molecule has 0 aliphatic carbocycles. The van der Waals surface area contributed by atoms with E-state index in [-0.39, 0.29) is 0 Å². The molecule has 1 fully saturated rings. The minimum absolute atomic E-state index is 0.518. The predicted octanol–water partition coefficient (Wildman–Crippen LogP) is 4.50. The Morgan fingerprint density at radius 1 is 1.48 bits per heavy atom. The summed E-state index contributed by atoms with van der Waals surface area (Å²) >= 11 is 1.85. The molecule has 116 valence electrons. The minimum atomic E-state index is 0.518. The number of nitrogens with one attached hydrogen (secondary N) is 1. The topological polar surface area (TPSA) is 15.3 Å². The number of thioether (sulfide) groups is 1. The largest absolute Gasteiger partial charge is 0.381 e. The van der Waals surface area contributed by atoms with Gasteiger partial charge in [-0.3, -0.25) is 0 Å². The van der Waals surface area contributed by atoms with Crippen LogP contribution < -0.4 is 5.32 Å². The molecule has 1 saturated heterocycles. The molecular weight excluding hydrogens is 276 g/mol. The van der Waals surface area contributed by atoms with Crippen molar-refractivity contribution in [2.45, 2.75) is 37.6 Å². The van der Waals surface area contributed by atoms with E-state index in [2.05, 4.69) is 54.9 Å². The van der Waals surface area contributed by atoms with Gasteiger partial charge in [-0.1, -0.05) is 25.1 Å². The predicted molar refractivity (Wildman–Crippen MR) is 95.3 cm³/mol. The number of likely N-dealkylation sites (tertiary alicyclic amines) is 1. The number of benzene rings is 1. The zero-order valence-electron chi connectivity index (χ0n) is 13.3. The minimum Gasteiger partial charge on any atom is -0.381 e. The van der Waals surface area contributed by atoms with Gasteiger partial charge in [-0.05, 0) is 50.9 Å². The highest BCUT2D eigenvalue weighted by molar-refractivity contribution is 7.99. The van der Waals surface area contributed by atoms with E-state index in [1.54, 1.807) is 0 Å². The van der Waals surface area contributed by atoms with Gasteiger partial charge in [-0.25, -0.2) is 0 Å². The van der Waals surface area contributed by atoms with Crippen LogP contribution in [-0.2, 0) is 0 Å². The Morgan fingerprint density at radius 3 is 3.05 bits per heavy atom. The third-order valence-corrected chi connectivity index (χ3v) is 5.39. The second-order valence-corrected chi connectivity index (χ2v) is 6.89. The van der Waals surface area contributed by atoms with Gasteiger partial charge in [0.05, 0.1) is 0 Å². The van der Waals surface area contributed by atoms with Crippen molar-refractivity contribution < 1.29 is 0 Å². The molecule has 21 heavy (non-hydrogen) atoms. The summed E-state index contributed by atoms with van der Waals surface area (Å²) in [5.74, 6) is 1.70. The van der Waals surface area contributed by atoms with Crippen LogP contribution in [0, 0.1) is 5.92 Å². The molecule has 1 heterocycles. The van der Waals surface area contributed by atoms with E-state index in [9.17, 15) is 0 Å². The first-order valence-corrected chi connectivity index (χ1v) is 9.04. The first-order valence-electron chi connectivity index (χ1n) is 8.06. The molecule has 1 aromatic carbocycles. The van der Waals surface area contributed by atoms with Gasteiger partial charge in [0.2, 0.25) is 0 Å². The van der Waals surface area contributed by atoms with Crippen molar-refractivity contribution in [2.24, 2.45) is 5.92 Å². The molecule has 0 spiro atoms. The van der Waals surface area contributed by atoms with Gasteiger partial charge < -0.3 is 10.2 Å². The number of rotatable bonds is 7. The Kier molecular flexibility index (Phi) is 6.65. The summed E-state index contributed by atoms with van der Waals surface area (Å²) < 4.78 is 0. The van der Waals surface area contributed by atoms with Crippen LogP contribution in [0.4, 0.5) is 5.69 Å². The molecule has 1 N–H and O–H groups in total. The van der Waals surface area contributed by atoms with Crippen molar-refractivity contribution in [1.82, 2.24) is 4.90 Å². The van der Waals surface area contributed by atoms with E-state index in [4.69, 9.17) is 0 Å². The summed E-state index contributed by atoms with van der Waals surface area (Å²) in [7, 11) is 0. The van der Waals surface area contributed by atoms with Crippen LogP contribution in [0.1, 0.15) is 26.7 Å². The number of piperidine rings is 1. The third kappa shape index (κ3) is 4.79. The molecule has 0 bridgehead atoms. The van der Waals surface area contributed by atoms with Crippen molar-refractivity contribution in [3.8, 4) is 0 Å². The van der Waals surface area contributed by atoms with Crippen molar-refractivity contribution in [3.63, 3.8) is 0 Å². The molecule has 1 aliphatic heterocycles. The molecule has 3 heteroatoms. The molecular formula is C18H28N2S. The Hall–Kier alpha value is -0.930. The summed E-state index contributed by atoms with van der Waals surface area (Å²) in [5, 5.41) is 3.75. The van der Waals surface area contributed by atoms with E-state index in [0.29, 0.717) is 6.04 Å². The first kappa shape index (κ1) is 16.4. The summed E-state index contributed by atoms with van der Waals surface area (Å²) in [6.45, 7) is 12.1. The second-order valence-electron chi connectivity index (χ2n) is 5.82. The lowest BCUT2D eigenvalue weighted by Crippen LogP contribution is -2.41. The van der Waals surface area contributed by atoms with Crippen LogP contribution in [0.3, 0.4) is 0 Å². The molecule has 0 amide bonds. The highest BCUT2D eigenvalue weighted by atomic mass is 32.2. The summed E-state index contributed by atoms with van der Waals surface area (Å²) in [5.41, 5.74) is 1.27. The standard InChI is InChI=1S/C18H28N2S/c1-4-13-21-18-11-7-6-10-17(18)19-15(3)16-9-8-12-20(5-2)14-16/h4,6-7,10-11,15-16,19H,1,5,8-9,12-14H2,2-3H3. The third-order valence-electron chi connectivity index (χ3n) is 4.32. The lowest BCUT2D eigenvalue weighted by molar-refractivity contribution is 0.172. The Balaban J connectivity index is 1.98. The van der Waals surface area contributed by atoms with Gasteiger partial charge in [0, 0.05) is 28.9 Å². The molecule has 2 nitrogen and oxygen atoms in total. The molecule has 2 rings (SSSR count). The first-order chi connectivity index (χ1) is 10.2. The van der Waals surface area contributed by atoms with Crippen LogP contribution in [0.25, 0.3) is 0 Å². The van der Waals surface area contributed by atoms with E-state index in [0.717, 1.165) is 11.7 Å². The Morgan fingerprint density at radius 2 is 2.29 bits per heavy atom. The van der Waals surface area contributed by atoms with E-state index >= 15 is 0 Å². The maximum Gasteiger partial charge on any atom is 0.0480 e. The Labute approximate surface area is 134 Å². The zero-order chi connectivity index (χ0) is 15.1. The van der Waals surface area contributed by atoms with Crippen LogP contribution in [0.15, 0.2) is 41.8 Å². The summed E-state index contributed by atoms with van der Waals surface area (Å²) in [6, 6.07) is 9.14. The van der Waals surface area contributed by atoms with Gasteiger partial charge in [0.1, 0.15) is 0 Å². The summed E-state index contributed by atoms with van der Waals surface area (Å²) in [6.07, 6.45) is 4.63. The fourth-order valence-electron chi connectivity index (χ4n) is 3.01. The normalized spacial score (nSPS) is 21.0. The number of hydrogen-bond acceptors (Lipinski definition) is 3. The number of anilines is 1. The van der Waals surface area contributed by atoms with Gasteiger partial charge in [0.25, 0.3) is 0 Å². The monoisotopic (exact) mass is 304 g/mol. The lowest BCUT2D eigenvalue weighted by Gasteiger charge is -2.36. The van der Waals surface area contributed by atoms with Gasteiger partial charge >= 0.3 is 0 Å². The lowest BCUT2D eigenvalue weighted by atomic mass is 9.91. The fraction of sp³-hybridized carbons (Fsp3) is 0.556. The smallest absolute Gasteiger partial charge is 0.0480 e. The number of nitrogens with zero attached hydrogens (tertiary/aromatic N) is 1. The average Bonchev–Trinajstić information content (AvgIpc) is 2.54. The highest BCUT2D eigenvalue weighted by Gasteiger charge is 2.24. The number of hydrogen-bond donors (Lipinski definition) is 1. The molecule has 2 unspecified atom stereocenters. The van der Waals surface area contributed by atoms with Crippen LogP contribution in [0.5, 0.6) is 0 Å². The quantitative estimate of drug-likeness (QED) is 0.590. The fourth-order valence-corrected chi connectivity index (χ4v) is 3.76. The summed E-state index contributed by atoms with van der Waals surface area (Å²) in [4.78, 5) is 3.90. The maximum atomic E-state index is 3.81. The van der Waals surface area contributed by atoms with Crippen molar-refractivity contribution in [1.29, 1.82) is 0 Å². The van der Waals surface area contributed by atoms with Crippen molar-refractivity contribution in [2.75, 3.05) is 30.7 Å². The molecule has 0 aromatic heterocycles. The van der Waals surface area contributed by atoms with Crippen LogP contribution >= 0.6 is 11.8 Å². The zero-order valence-corrected chi connectivity index (χ0v) is 14.2. The molecule has 1 aliphatic rings. The van der Waals surface area contributed by atoms with E-state index in [1.165, 1.54) is 43.1 Å². The maximum absolute atomic E-state index is 3.81. The van der Waals surface area contributed by atoms with Gasteiger partial charge in [-0.15, -0.1) is 18.3 Å². The molecule has 0 saturated carbocycles. The van der Waals surface area contributed by atoms with Crippen LogP contribution in [0.2, 0.25) is 0 Å². The van der Waals surface area contributed by atoms with E-state index in [1.807, 2.05) is 17.8 Å². The average molecular weight is 305 g/mol.